The maximum atomic E-state index is 13.0. The predicted octanol–water partition coefficient (Wildman–Crippen LogP) is 2.54. The highest BCUT2D eigenvalue weighted by molar-refractivity contribution is 5.91. The highest BCUT2D eigenvalue weighted by Crippen LogP contribution is 2.10. The van der Waals surface area contributed by atoms with Gasteiger partial charge in [-0.05, 0) is 37.5 Å². The molecule has 2 atom stereocenters. The maximum absolute atomic E-state index is 13.0. The second-order valence-corrected chi connectivity index (χ2v) is 5.86. The van der Waals surface area contributed by atoms with Crippen molar-refractivity contribution in [3.05, 3.63) is 30.1 Å². The van der Waals surface area contributed by atoms with Gasteiger partial charge in [0.1, 0.15) is 5.82 Å². The first-order chi connectivity index (χ1) is 9.86. The van der Waals surface area contributed by atoms with Gasteiger partial charge in [0.15, 0.2) is 0 Å². The first-order valence-electron chi connectivity index (χ1n) is 7.33. The first-order valence-corrected chi connectivity index (χ1v) is 7.33. The summed E-state index contributed by atoms with van der Waals surface area (Å²) in [6, 6.07) is 5.75. The number of rotatable bonds is 8. The zero-order valence-electron chi connectivity index (χ0n) is 12.9. The average Bonchev–Trinajstić information content (AvgIpc) is 2.35. The second kappa shape index (κ2) is 8.74. The SMILES string of the molecule is CC(C)CC(O)CNC(C)CC(=O)Nc1cccc(F)c1. The quantitative estimate of drug-likeness (QED) is 0.691. The van der Waals surface area contributed by atoms with Gasteiger partial charge in [0, 0.05) is 24.7 Å². The Hall–Kier alpha value is -1.46. The van der Waals surface area contributed by atoms with E-state index in [0.29, 0.717) is 18.2 Å². The van der Waals surface area contributed by atoms with Gasteiger partial charge in [-0.25, -0.2) is 4.39 Å². The number of nitrogens with one attached hydrogen (secondary N) is 2. The number of aliphatic hydroxyl groups is 1. The van der Waals surface area contributed by atoms with Gasteiger partial charge >= 0.3 is 0 Å². The number of benzene rings is 1. The molecule has 0 fully saturated rings. The highest BCUT2D eigenvalue weighted by atomic mass is 19.1. The van der Waals surface area contributed by atoms with E-state index in [1.807, 2.05) is 6.92 Å². The van der Waals surface area contributed by atoms with Crippen molar-refractivity contribution in [3.63, 3.8) is 0 Å². The molecule has 0 aromatic heterocycles. The second-order valence-electron chi connectivity index (χ2n) is 5.86. The maximum Gasteiger partial charge on any atom is 0.225 e. The molecule has 21 heavy (non-hydrogen) atoms. The molecule has 0 aliphatic heterocycles. The van der Waals surface area contributed by atoms with E-state index >= 15 is 0 Å². The van der Waals surface area contributed by atoms with Gasteiger partial charge in [-0.3, -0.25) is 4.79 Å². The molecule has 1 amide bonds. The Labute approximate surface area is 125 Å². The van der Waals surface area contributed by atoms with Crippen LogP contribution in [0.3, 0.4) is 0 Å². The molecule has 0 saturated heterocycles. The Kier molecular flexibility index (Phi) is 7.32. The van der Waals surface area contributed by atoms with Crippen LogP contribution in [0.25, 0.3) is 0 Å². The van der Waals surface area contributed by atoms with Crippen LogP contribution >= 0.6 is 0 Å². The lowest BCUT2D eigenvalue weighted by Gasteiger charge is -2.18. The lowest BCUT2D eigenvalue weighted by Crippen LogP contribution is -2.36. The molecule has 0 aliphatic carbocycles. The van der Waals surface area contributed by atoms with Gasteiger partial charge in [0.2, 0.25) is 5.91 Å². The van der Waals surface area contributed by atoms with Crippen molar-refractivity contribution < 1.29 is 14.3 Å². The summed E-state index contributed by atoms with van der Waals surface area (Å²) in [5, 5.41) is 15.5. The van der Waals surface area contributed by atoms with E-state index in [1.165, 1.54) is 12.1 Å². The summed E-state index contributed by atoms with van der Waals surface area (Å²) >= 11 is 0. The molecule has 0 heterocycles. The lowest BCUT2D eigenvalue weighted by atomic mass is 10.1. The number of aliphatic hydroxyl groups excluding tert-OH is 1. The molecule has 0 saturated carbocycles. The van der Waals surface area contributed by atoms with Crippen molar-refractivity contribution >= 4 is 11.6 Å². The number of carbonyl (C=O) groups is 1. The molecular weight excluding hydrogens is 271 g/mol. The summed E-state index contributed by atoms with van der Waals surface area (Å²) < 4.78 is 13.0. The van der Waals surface area contributed by atoms with Gasteiger partial charge in [-0.1, -0.05) is 19.9 Å². The van der Waals surface area contributed by atoms with Crippen LogP contribution in [0, 0.1) is 11.7 Å². The third-order valence-electron chi connectivity index (χ3n) is 3.05. The molecule has 0 aliphatic rings. The third-order valence-corrected chi connectivity index (χ3v) is 3.05. The Balaban J connectivity index is 2.30. The summed E-state index contributed by atoms with van der Waals surface area (Å²) in [4.78, 5) is 11.8. The van der Waals surface area contributed by atoms with Crippen LogP contribution in [-0.2, 0) is 4.79 Å². The van der Waals surface area contributed by atoms with Crippen LogP contribution in [0.5, 0.6) is 0 Å². The van der Waals surface area contributed by atoms with Gasteiger partial charge in [0.25, 0.3) is 0 Å². The number of hydrogen-bond donors (Lipinski definition) is 3. The smallest absolute Gasteiger partial charge is 0.225 e. The number of halogens is 1. The molecule has 118 valence electrons. The van der Waals surface area contributed by atoms with Crippen LogP contribution in [0.1, 0.15) is 33.6 Å². The van der Waals surface area contributed by atoms with E-state index in [9.17, 15) is 14.3 Å². The zero-order chi connectivity index (χ0) is 15.8. The first kappa shape index (κ1) is 17.6. The fourth-order valence-corrected chi connectivity index (χ4v) is 2.09. The monoisotopic (exact) mass is 296 g/mol. The molecule has 2 unspecified atom stereocenters. The Morgan fingerprint density at radius 1 is 1.33 bits per heavy atom. The Morgan fingerprint density at radius 3 is 2.67 bits per heavy atom. The molecule has 5 heteroatoms. The number of anilines is 1. The van der Waals surface area contributed by atoms with Crippen molar-refractivity contribution in [2.24, 2.45) is 5.92 Å². The third kappa shape index (κ3) is 7.78. The molecule has 4 nitrogen and oxygen atoms in total. The van der Waals surface area contributed by atoms with Crippen molar-refractivity contribution in [2.75, 3.05) is 11.9 Å². The van der Waals surface area contributed by atoms with E-state index in [0.717, 1.165) is 6.42 Å². The molecule has 1 rings (SSSR count). The molecule has 1 aromatic carbocycles. The molecular formula is C16H25FN2O2. The number of hydrogen-bond acceptors (Lipinski definition) is 3. The van der Waals surface area contributed by atoms with E-state index in [2.05, 4.69) is 24.5 Å². The average molecular weight is 296 g/mol. The van der Waals surface area contributed by atoms with Crippen LogP contribution in [-0.4, -0.2) is 29.7 Å². The Bertz CT molecular complexity index is 452. The zero-order valence-corrected chi connectivity index (χ0v) is 12.9. The van der Waals surface area contributed by atoms with E-state index in [4.69, 9.17) is 0 Å². The van der Waals surface area contributed by atoms with Crippen molar-refractivity contribution in [2.45, 2.75) is 45.8 Å². The number of amides is 1. The van der Waals surface area contributed by atoms with Crippen LogP contribution in [0.15, 0.2) is 24.3 Å². The Morgan fingerprint density at radius 2 is 2.05 bits per heavy atom. The van der Waals surface area contributed by atoms with Gasteiger partial charge in [-0.15, -0.1) is 0 Å². The molecule has 0 radical (unpaired) electrons. The minimum absolute atomic E-state index is 0.0552. The normalized spacial score (nSPS) is 14.0. The van der Waals surface area contributed by atoms with Crippen molar-refractivity contribution in [1.82, 2.24) is 5.32 Å². The fourth-order valence-electron chi connectivity index (χ4n) is 2.09. The predicted molar refractivity (Wildman–Crippen MR) is 82.6 cm³/mol. The van der Waals surface area contributed by atoms with E-state index < -0.39 is 6.10 Å². The van der Waals surface area contributed by atoms with Crippen LogP contribution in [0.4, 0.5) is 10.1 Å². The summed E-state index contributed by atoms with van der Waals surface area (Å²) in [6.45, 7) is 6.46. The van der Waals surface area contributed by atoms with Gasteiger partial charge in [0.05, 0.1) is 6.10 Å². The summed E-state index contributed by atoms with van der Waals surface area (Å²) in [5.41, 5.74) is 0.451. The van der Waals surface area contributed by atoms with E-state index in [-0.39, 0.29) is 24.2 Å². The lowest BCUT2D eigenvalue weighted by molar-refractivity contribution is -0.116. The topological polar surface area (TPSA) is 61.4 Å². The van der Waals surface area contributed by atoms with E-state index in [1.54, 1.807) is 12.1 Å². The van der Waals surface area contributed by atoms with Gasteiger partial charge < -0.3 is 15.7 Å². The van der Waals surface area contributed by atoms with Crippen LogP contribution in [0.2, 0.25) is 0 Å². The summed E-state index contributed by atoms with van der Waals surface area (Å²) in [7, 11) is 0. The fraction of sp³-hybridized carbons (Fsp3) is 0.562. The minimum atomic E-state index is -0.404. The largest absolute Gasteiger partial charge is 0.392 e. The standard InChI is InChI=1S/C16H25FN2O2/c1-11(2)7-15(20)10-18-12(3)8-16(21)19-14-6-4-5-13(17)9-14/h4-6,9,11-12,15,18,20H,7-8,10H2,1-3H3,(H,19,21). The summed E-state index contributed by atoms with van der Waals surface area (Å²) in [5.74, 6) is -0.122. The summed E-state index contributed by atoms with van der Waals surface area (Å²) in [6.07, 6.45) is 0.596. The number of carbonyl (C=O) groups excluding carboxylic acids is 1. The van der Waals surface area contributed by atoms with Crippen LogP contribution < -0.4 is 10.6 Å². The minimum Gasteiger partial charge on any atom is -0.392 e. The highest BCUT2D eigenvalue weighted by Gasteiger charge is 2.12. The van der Waals surface area contributed by atoms with Gasteiger partial charge in [-0.2, -0.15) is 0 Å². The molecule has 3 N–H and O–H groups in total. The molecule has 0 bridgehead atoms. The molecule has 1 aromatic rings. The molecule has 0 spiro atoms. The van der Waals surface area contributed by atoms with Crippen molar-refractivity contribution in [3.8, 4) is 0 Å². The van der Waals surface area contributed by atoms with Crippen molar-refractivity contribution in [1.29, 1.82) is 0 Å².